The Balaban J connectivity index is 1.49. The number of hydrogen-bond donors (Lipinski definition) is 0. The molecule has 2 aromatic carbocycles. The summed E-state index contributed by atoms with van der Waals surface area (Å²) in [5.41, 5.74) is 1.32. The first-order valence-corrected chi connectivity index (χ1v) is 11.0. The SMILES string of the molecule is CN(C(=O)C1(c2ccccc2Cl)CCOCC1)C1CCN(c2ccc(F)cc2)CC1. The summed E-state index contributed by atoms with van der Waals surface area (Å²) in [6, 6.07) is 14.5. The van der Waals surface area contributed by atoms with E-state index in [2.05, 4.69) is 4.90 Å². The van der Waals surface area contributed by atoms with E-state index in [0.717, 1.165) is 37.2 Å². The van der Waals surface area contributed by atoms with Crippen LogP contribution in [0.5, 0.6) is 0 Å². The summed E-state index contributed by atoms with van der Waals surface area (Å²) < 4.78 is 18.8. The van der Waals surface area contributed by atoms with Gasteiger partial charge in [-0.05, 0) is 61.6 Å². The minimum atomic E-state index is -0.626. The molecule has 0 N–H and O–H groups in total. The molecule has 6 heteroatoms. The van der Waals surface area contributed by atoms with Gasteiger partial charge in [0.15, 0.2) is 0 Å². The molecular formula is C24H28ClFN2O2. The second kappa shape index (κ2) is 8.94. The molecule has 30 heavy (non-hydrogen) atoms. The molecule has 4 rings (SSSR count). The van der Waals surface area contributed by atoms with Crippen LogP contribution in [0.4, 0.5) is 10.1 Å². The number of nitrogens with zero attached hydrogens (tertiary/aromatic N) is 2. The number of halogens is 2. The molecule has 0 aromatic heterocycles. The first-order valence-electron chi connectivity index (χ1n) is 10.6. The maximum atomic E-state index is 13.8. The van der Waals surface area contributed by atoms with Crippen molar-refractivity contribution >= 4 is 23.2 Å². The van der Waals surface area contributed by atoms with E-state index in [-0.39, 0.29) is 17.8 Å². The lowest BCUT2D eigenvalue weighted by Gasteiger charge is -2.44. The average Bonchev–Trinajstić information content (AvgIpc) is 2.79. The van der Waals surface area contributed by atoms with Crippen LogP contribution < -0.4 is 4.90 Å². The summed E-state index contributed by atoms with van der Waals surface area (Å²) in [4.78, 5) is 18.0. The van der Waals surface area contributed by atoms with Gasteiger partial charge in [0, 0.05) is 50.1 Å². The molecule has 160 valence electrons. The van der Waals surface area contributed by atoms with E-state index in [1.165, 1.54) is 12.1 Å². The predicted octanol–water partition coefficient (Wildman–Crippen LogP) is 4.65. The van der Waals surface area contributed by atoms with Crippen LogP contribution in [0.25, 0.3) is 0 Å². The Morgan fingerprint density at radius 3 is 2.37 bits per heavy atom. The van der Waals surface area contributed by atoms with Crippen LogP contribution >= 0.6 is 11.6 Å². The fourth-order valence-corrected chi connectivity index (χ4v) is 5.15. The molecule has 0 atom stereocenters. The number of benzene rings is 2. The predicted molar refractivity (Wildman–Crippen MR) is 118 cm³/mol. The molecule has 2 fully saturated rings. The van der Waals surface area contributed by atoms with Crippen molar-refractivity contribution in [1.82, 2.24) is 4.90 Å². The Hall–Kier alpha value is -2.11. The summed E-state index contributed by atoms with van der Waals surface area (Å²) in [7, 11) is 1.93. The van der Waals surface area contributed by atoms with Crippen LogP contribution in [0, 0.1) is 5.82 Å². The van der Waals surface area contributed by atoms with Gasteiger partial charge in [0.25, 0.3) is 0 Å². The van der Waals surface area contributed by atoms with Crippen LogP contribution in [0.15, 0.2) is 48.5 Å². The molecule has 2 aromatic rings. The highest BCUT2D eigenvalue weighted by atomic mass is 35.5. The van der Waals surface area contributed by atoms with E-state index in [0.29, 0.717) is 31.1 Å². The smallest absolute Gasteiger partial charge is 0.233 e. The van der Waals surface area contributed by atoms with Crippen molar-refractivity contribution in [3.63, 3.8) is 0 Å². The highest BCUT2D eigenvalue weighted by molar-refractivity contribution is 6.31. The molecule has 2 aliphatic heterocycles. The molecule has 4 nitrogen and oxygen atoms in total. The number of hydrogen-bond acceptors (Lipinski definition) is 3. The van der Waals surface area contributed by atoms with E-state index in [1.54, 1.807) is 0 Å². The highest BCUT2D eigenvalue weighted by Gasteiger charge is 2.45. The normalized spacial score (nSPS) is 19.5. The van der Waals surface area contributed by atoms with Gasteiger partial charge in [-0.15, -0.1) is 0 Å². The van der Waals surface area contributed by atoms with Gasteiger partial charge in [0.2, 0.25) is 5.91 Å². The van der Waals surface area contributed by atoms with Gasteiger partial charge in [-0.1, -0.05) is 29.8 Å². The summed E-state index contributed by atoms with van der Waals surface area (Å²) in [6.45, 7) is 2.81. The van der Waals surface area contributed by atoms with Crippen molar-refractivity contribution in [2.75, 3.05) is 38.3 Å². The van der Waals surface area contributed by atoms with Crippen LogP contribution in [-0.4, -0.2) is 50.2 Å². The summed E-state index contributed by atoms with van der Waals surface area (Å²) >= 11 is 6.53. The highest BCUT2D eigenvalue weighted by Crippen LogP contribution is 2.41. The van der Waals surface area contributed by atoms with E-state index in [4.69, 9.17) is 16.3 Å². The Morgan fingerprint density at radius 2 is 1.73 bits per heavy atom. The number of anilines is 1. The lowest BCUT2D eigenvalue weighted by Crippen LogP contribution is -2.54. The van der Waals surface area contributed by atoms with E-state index in [1.807, 2.05) is 48.3 Å². The van der Waals surface area contributed by atoms with Gasteiger partial charge in [-0.3, -0.25) is 4.79 Å². The molecule has 0 unspecified atom stereocenters. The van der Waals surface area contributed by atoms with Gasteiger partial charge in [0.1, 0.15) is 5.82 Å². The first kappa shape index (κ1) is 21.1. The van der Waals surface area contributed by atoms with Gasteiger partial charge in [-0.2, -0.15) is 0 Å². The summed E-state index contributed by atoms with van der Waals surface area (Å²) in [5, 5.41) is 0.646. The molecular weight excluding hydrogens is 403 g/mol. The van der Waals surface area contributed by atoms with E-state index in [9.17, 15) is 9.18 Å². The second-order valence-corrected chi connectivity index (χ2v) is 8.69. The molecule has 2 saturated heterocycles. The van der Waals surface area contributed by atoms with Crippen molar-refractivity contribution < 1.29 is 13.9 Å². The maximum Gasteiger partial charge on any atom is 0.233 e. The Morgan fingerprint density at radius 1 is 1.10 bits per heavy atom. The first-order chi connectivity index (χ1) is 14.5. The zero-order valence-corrected chi connectivity index (χ0v) is 18.1. The van der Waals surface area contributed by atoms with Crippen molar-refractivity contribution in [2.24, 2.45) is 0 Å². The Bertz CT molecular complexity index is 875. The molecule has 2 aliphatic rings. The molecule has 0 spiro atoms. The van der Waals surface area contributed by atoms with Crippen molar-refractivity contribution in [3.05, 3.63) is 64.9 Å². The number of ether oxygens (including phenoxy) is 1. The third kappa shape index (κ3) is 4.06. The van der Waals surface area contributed by atoms with Crippen LogP contribution in [0.3, 0.4) is 0 Å². The van der Waals surface area contributed by atoms with Crippen molar-refractivity contribution in [1.29, 1.82) is 0 Å². The lowest BCUT2D eigenvalue weighted by atomic mass is 9.72. The monoisotopic (exact) mass is 430 g/mol. The van der Waals surface area contributed by atoms with Crippen LogP contribution in [-0.2, 0) is 14.9 Å². The minimum Gasteiger partial charge on any atom is -0.381 e. The second-order valence-electron chi connectivity index (χ2n) is 8.29. The molecule has 0 radical (unpaired) electrons. The molecule has 0 saturated carbocycles. The Labute approximate surface area is 182 Å². The standard InChI is InChI=1S/C24H28ClFN2O2/c1-27(19-10-14-28(15-11-19)20-8-6-18(26)7-9-20)23(29)24(12-16-30-17-13-24)21-4-2-3-5-22(21)25/h2-9,19H,10-17H2,1H3. The molecule has 0 aliphatic carbocycles. The van der Waals surface area contributed by atoms with Gasteiger partial charge >= 0.3 is 0 Å². The minimum absolute atomic E-state index is 0.138. The van der Waals surface area contributed by atoms with Gasteiger partial charge < -0.3 is 14.5 Å². The number of piperidine rings is 1. The number of carbonyl (C=O) groups excluding carboxylic acids is 1. The molecule has 1 amide bonds. The Kier molecular flexibility index (Phi) is 6.30. The van der Waals surface area contributed by atoms with E-state index < -0.39 is 5.41 Å². The maximum absolute atomic E-state index is 13.8. The zero-order chi connectivity index (χ0) is 21.1. The van der Waals surface area contributed by atoms with Gasteiger partial charge in [0.05, 0.1) is 5.41 Å². The summed E-state index contributed by atoms with van der Waals surface area (Å²) in [6.07, 6.45) is 3.06. The largest absolute Gasteiger partial charge is 0.381 e. The third-order valence-electron chi connectivity index (χ3n) is 6.67. The lowest BCUT2D eigenvalue weighted by molar-refractivity contribution is -0.142. The zero-order valence-electron chi connectivity index (χ0n) is 17.3. The van der Waals surface area contributed by atoms with Crippen molar-refractivity contribution in [3.8, 4) is 0 Å². The fraction of sp³-hybridized carbons (Fsp3) is 0.458. The third-order valence-corrected chi connectivity index (χ3v) is 7.00. The van der Waals surface area contributed by atoms with Crippen LogP contribution in [0.1, 0.15) is 31.2 Å². The van der Waals surface area contributed by atoms with Crippen molar-refractivity contribution in [2.45, 2.75) is 37.1 Å². The average molecular weight is 431 g/mol. The molecule has 0 bridgehead atoms. The van der Waals surface area contributed by atoms with Crippen LogP contribution in [0.2, 0.25) is 5.02 Å². The number of rotatable bonds is 4. The fourth-order valence-electron chi connectivity index (χ4n) is 4.83. The summed E-state index contributed by atoms with van der Waals surface area (Å²) in [5.74, 6) is -0.0839. The number of likely N-dealkylation sites (N-methyl/N-ethyl adjacent to an activating group) is 1. The molecule has 2 heterocycles. The number of amides is 1. The van der Waals surface area contributed by atoms with E-state index >= 15 is 0 Å². The quantitative estimate of drug-likeness (QED) is 0.707. The topological polar surface area (TPSA) is 32.8 Å². The number of carbonyl (C=O) groups is 1. The van der Waals surface area contributed by atoms with Gasteiger partial charge in [-0.25, -0.2) is 4.39 Å².